The van der Waals surface area contributed by atoms with Crippen molar-refractivity contribution in [2.45, 2.75) is 6.10 Å². The van der Waals surface area contributed by atoms with Gasteiger partial charge in [-0.05, 0) is 30.3 Å². The quantitative estimate of drug-likeness (QED) is 0.757. The lowest BCUT2D eigenvalue weighted by atomic mass is 10.3. The minimum absolute atomic E-state index is 0.273. The van der Waals surface area contributed by atoms with E-state index in [1.807, 2.05) is 42.5 Å². The predicted octanol–water partition coefficient (Wildman–Crippen LogP) is 2.65. The highest BCUT2D eigenvalue weighted by atomic mass is 16.6. The molecule has 1 aromatic heterocycles. The fourth-order valence-corrected chi connectivity index (χ4v) is 1.49. The van der Waals surface area contributed by atoms with Gasteiger partial charge >= 0.3 is 0 Å². The zero-order valence-corrected chi connectivity index (χ0v) is 9.78. The van der Waals surface area contributed by atoms with E-state index in [9.17, 15) is 0 Å². The molecule has 0 aliphatic carbocycles. The molecule has 4 heteroatoms. The third-order valence-corrected chi connectivity index (χ3v) is 2.52. The largest absolute Gasteiger partial charge is 0.491 e. The van der Waals surface area contributed by atoms with E-state index < -0.39 is 0 Å². The Bertz CT molecular complexity index is 494. The van der Waals surface area contributed by atoms with E-state index in [2.05, 4.69) is 4.98 Å². The van der Waals surface area contributed by atoms with Crippen molar-refractivity contribution in [3.05, 3.63) is 48.7 Å². The Balaban J connectivity index is 1.59. The number of epoxide rings is 1. The zero-order valence-electron chi connectivity index (χ0n) is 9.78. The maximum absolute atomic E-state index is 5.58. The van der Waals surface area contributed by atoms with Gasteiger partial charge in [-0.2, -0.15) is 0 Å². The molecule has 1 fully saturated rings. The Morgan fingerprint density at radius 3 is 2.56 bits per heavy atom. The molecule has 1 atom stereocenters. The Morgan fingerprint density at radius 1 is 1.11 bits per heavy atom. The summed E-state index contributed by atoms with van der Waals surface area (Å²) in [4.78, 5) is 4.09. The van der Waals surface area contributed by atoms with E-state index >= 15 is 0 Å². The lowest BCUT2D eigenvalue weighted by Gasteiger charge is -2.06. The molecule has 2 aromatic rings. The molecule has 0 saturated carbocycles. The van der Waals surface area contributed by atoms with Crippen molar-refractivity contribution in [2.75, 3.05) is 13.2 Å². The molecular formula is C14H13NO3. The van der Waals surface area contributed by atoms with Gasteiger partial charge in [0.2, 0.25) is 5.88 Å². The van der Waals surface area contributed by atoms with Crippen LogP contribution in [0.4, 0.5) is 0 Å². The minimum atomic E-state index is 0.273. The van der Waals surface area contributed by atoms with Crippen molar-refractivity contribution in [2.24, 2.45) is 0 Å². The molecule has 1 aliphatic heterocycles. The van der Waals surface area contributed by atoms with E-state index in [1.165, 1.54) is 0 Å². The second-order valence-corrected chi connectivity index (χ2v) is 4.01. The molecule has 1 saturated heterocycles. The highest BCUT2D eigenvalue weighted by molar-refractivity contribution is 5.33. The molecule has 0 spiro atoms. The second kappa shape index (κ2) is 5.06. The predicted molar refractivity (Wildman–Crippen MR) is 66.0 cm³/mol. The maximum atomic E-state index is 5.58. The highest BCUT2D eigenvalue weighted by Crippen LogP contribution is 2.22. The molecule has 2 heterocycles. The van der Waals surface area contributed by atoms with E-state index in [4.69, 9.17) is 14.2 Å². The number of aromatic nitrogens is 1. The van der Waals surface area contributed by atoms with Crippen LogP contribution in [0.2, 0.25) is 0 Å². The summed E-state index contributed by atoms with van der Waals surface area (Å²) >= 11 is 0. The number of benzene rings is 1. The zero-order chi connectivity index (χ0) is 12.2. The maximum Gasteiger partial charge on any atom is 0.219 e. The van der Waals surface area contributed by atoms with Crippen LogP contribution in [-0.4, -0.2) is 24.3 Å². The van der Waals surface area contributed by atoms with Crippen LogP contribution in [0.15, 0.2) is 48.7 Å². The van der Waals surface area contributed by atoms with Crippen LogP contribution in [0, 0.1) is 0 Å². The summed E-state index contributed by atoms with van der Waals surface area (Å²) in [6.07, 6.45) is 1.97. The highest BCUT2D eigenvalue weighted by Gasteiger charge is 2.22. The number of rotatable bonds is 5. The Morgan fingerprint density at radius 2 is 1.89 bits per heavy atom. The van der Waals surface area contributed by atoms with Gasteiger partial charge in [-0.15, -0.1) is 0 Å². The van der Waals surface area contributed by atoms with Crippen molar-refractivity contribution >= 4 is 0 Å². The van der Waals surface area contributed by atoms with Crippen LogP contribution in [-0.2, 0) is 4.74 Å². The Labute approximate surface area is 105 Å². The molecule has 1 unspecified atom stereocenters. The average molecular weight is 243 g/mol. The van der Waals surface area contributed by atoms with Crippen LogP contribution in [0.25, 0.3) is 0 Å². The van der Waals surface area contributed by atoms with Gasteiger partial charge in [-0.1, -0.05) is 6.07 Å². The second-order valence-electron chi connectivity index (χ2n) is 4.01. The van der Waals surface area contributed by atoms with Crippen molar-refractivity contribution in [3.8, 4) is 17.4 Å². The molecule has 4 nitrogen and oxygen atoms in total. The van der Waals surface area contributed by atoms with Gasteiger partial charge in [0.15, 0.2) is 0 Å². The first-order valence-electron chi connectivity index (χ1n) is 5.83. The van der Waals surface area contributed by atoms with Crippen LogP contribution >= 0.6 is 0 Å². The number of hydrogen-bond acceptors (Lipinski definition) is 4. The third-order valence-electron chi connectivity index (χ3n) is 2.52. The molecule has 0 radical (unpaired) electrons. The standard InChI is InChI=1S/C14H13NO3/c1-2-8-15-14(3-1)18-12-6-4-11(5-7-12)16-9-13-10-17-13/h1-8,13H,9-10H2. The summed E-state index contributed by atoms with van der Waals surface area (Å²) in [7, 11) is 0. The molecule has 0 amide bonds. The lowest BCUT2D eigenvalue weighted by Crippen LogP contribution is -2.03. The summed E-state index contributed by atoms with van der Waals surface area (Å²) in [5, 5.41) is 0. The van der Waals surface area contributed by atoms with Gasteiger partial charge in [0.25, 0.3) is 0 Å². The molecule has 1 aromatic carbocycles. The smallest absolute Gasteiger partial charge is 0.219 e. The number of pyridine rings is 1. The first-order chi connectivity index (χ1) is 8.90. The topological polar surface area (TPSA) is 43.9 Å². The Hall–Kier alpha value is -2.07. The van der Waals surface area contributed by atoms with Crippen LogP contribution in [0.1, 0.15) is 0 Å². The summed E-state index contributed by atoms with van der Waals surface area (Å²) in [5.41, 5.74) is 0. The first-order valence-corrected chi connectivity index (χ1v) is 5.83. The molecule has 3 rings (SSSR count). The van der Waals surface area contributed by atoms with Crippen LogP contribution in [0.5, 0.6) is 17.4 Å². The summed E-state index contributed by atoms with van der Waals surface area (Å²) in [6, 6.07) is 13.0. The van der Waals surface area contributed by atoms with Crippen LogP contribution < -0.4 is 9.47 Å². The number of nitrogens with zero attached hydrogens (tertiary/aromatic N) is 1. The number of ether oxygens (including phenoxy) is 3. The lowest BCUT2D eigenvalue weighted by molar-refractivity contribution is 0.263. The van der Waals surface area contributed by atoms with Crippen molar-refractivity contribution in [1.29, 1.82) is 0 Å². The van der Waals surface area contributed by atoms with E-state index in [0.29, 0.717) is 12.5 Å². The molecule has 0 bridgehead atoms. The minimum Gasteiger partial charge on any atom is -0.491 e. The van der Waals surface area contributed by atoms with E-state index in [0.717, 1.165) is 18.1 Å². The van der Waals surface area contributed by atoms with E-state index in [1.54, 1.807) is 6.20 Å². The average Bonchev–Trinajstić information content (AvgIpc) is 3.23. The van der Waals surface area contributed by atoms with E-state index in [-0.39, 0.29) is 6.10 Å². The van der Waals surface area contributed by atoms with Crippen molar-refractivity contribution < 1.29 is 14.2 Å². The van der Waals surface area contributed by atoms with Gasteiger partial charge < -0.3 is 14.2 Å². The van der Waals surface area contributed by atoms with Gasteiger partial charge in [0, 0.05) is 12.3 Å². The fraction of sp³-hybridized carbons (Fsp3) is 0.214. The monoisotopic (exact) mass is 243 g/mol. The third kappa shape index (κ3) is 2.99. The Kier molecular flexibility index (Phi) is 3.10. The fourth-order valence-electron chi connectivity index (χ4n) is 1.49. The van der Waals surface area contributed by atoms with Gasteiger partial charge in [0.1, 0.15) is 24.2 Å². The number of hydrogen-bond donors (Lipinski definition) is 0. The SMILES string of the molecule is c1ccc(Oc2ccc(OCC3CO3)cc2)nc1. The first kappa shape index (κ1) is 11.0. The van der Waals surface area contributed by atoms with Crippen LogP contribution in [0.3, 0.4) is 0 Å². The van der Waals surface area contributed by atoms with Gasteiger partial charge in [-0.25, -0.2) is 4.98 Å². The normalized spacial score (nSPS) is 17.2. The molecule has 1 aliphatic rings. The molecule has 0 N–H and O–H groups in total. The summed E-state index contributed by atoms with van der Waals surface area (Å²) in [5.74, 6) is 2.14. The van der Waals surface area contributed by atoms with Gasteiger partial charge in [0.05, 0.1) is 6.61 Å². The molecule has 18 heavy (non-hydrogen) atoms. The summed E-state index contributed by atoms with van der Waals surface area (Å²) < 4.78 is 16.2. The van der Waals surface area contributed by atoms with Crippen molar-refractivity contribution in [3.63, 3.8) is 0 Å². The van der Waals surface area contributed by atoms with Crippen molar-refractivity contribution in [1.82, 2.24) is 4.98 Å². The molecular weight excluding hydrogens is 230 g/mol. The molecule has 92 valence electrons. The van der Waals surface area contributed by atoms with Gasteiger partial charge in [-0.3, -0.25) is 0 Å². The summed E-state index contributed by atoms with van der Waals surface area (Å²) in [6.45, 7) is 1.42.